The van der Waals surface area contributed by atoms with Crippen LogP contribution >= 0.6 is 0 Å². The maximum atomic E-state index is 10.5. The summed E-state index contributed by atoms with van der Waals surface area (Å²) < 4.78 is 0. The van der Waals surface area contributed by atoms with E-state index >= 15 is 0 Å². The Morgan fingerprint density at radius 2 is 1.61 bits per heavy atom. The summed E-state index contributed by atoms with van der Waals surface area (Å²) in [5, 5.41) is 7.51. The monoisotopic (exact) mass is 252 g/mol. The largest absolute Gasteiger partial charge is 0.402 e. The molecule has 0 spiro atoms. The number of ketones is 1. The molecule has 1 saturated carbocycles. The summed E-state index contributed by atoms with van der Waals surface area (Å²) >= 11 is 0. The van der Waals surface area contributed by atoms with Gasteiger partial charge in [0.2, 0.25) is 0 Å². The predicted octanol–water partition coefficient (Wildman–Crippen LogP) is 3.68. The minimum Gasteiger partial charge on any atom is -0.402 e. The lowest BCUT2D eigenvalue weighted by Crippen LogP contribution is -2.10. The highest BCUT2D eigenvalue weighted by atomic mass is 16.1. The van der Waals surface area contributed by atoms with Crippen LogP contribution in [0.3, 0.4) is 0 Å². The van der Waals surface area contributed by atoms with Crippen LogP contribution < -0.4 is 5.73 Å². The molecule has 0 aromatic carbocycles. The number of allylic oxidation sites excluding steroid dienone is 2. The van der Waals surface area contributed by atoms with Gasteiger partial charge in [0.05, 0.1) is 0 Å². The number of nitrogens with two attached hydrogens (primary N) is 1. The van der Waals surface area contributed by atoms with E-state index in [1.807, 2.05) is 27.7 Å². The lowest BCUT2D eigenvalue weighted by molar-refractivity contribution is -0.120. The smallest absolute Gasteiger partial charge is 0.132 e. The van der Waals surface area contributed by atoms with Gasteiger partial charge in [0.1, 0.15) is 5.78 Å². The Labute approximate surface area is 111 Å². The minimum absolute atomic E-state index is 0.271. The van der Waals surface area contributed by atoms with E-state index in [9.17, 15) is 4.79 Å². The molecule has 0 heterocycles. The van der Waals surface area contributed by atoms with Gasteiger partial charge in [-0.2, -0.15) is 0 Å². The quantitative estimate of drug-likeness (QED) is 0.752. The van der Waals surface area contributed by atoms with Crippen molar-refractivity contribution < 1.29 is 4.79 Å². The summed E-state index contributed by atoms with van der Waals surface area (Å²) in [6.07, 6.45) is 7.00. The third-order valence-corrected chi connectivity index (χ3v) is 3.02. The number of carbonyl (C=O) groups excluding carboxylic acids is 1. The Balaban J connectivity index is 0.000000351. The first-order valence-electron chi connectivity index (χ1n) is 6.91. The van der Waals surface area contributed by atoms with Crippen LogP contribution in [-0.4, -0.2) is 11.5 Å². The maximum absolute atomic E-state index is 10.5. The summed E-state index contributed by atoms with van der Waals surface area (Å²) in [4.78, 5) is 10.5. The molecule has 0 unspecified atom stereocenters. The number of Topliss-reactive ketones (excluding diaryl/α,β-unsaturated/α-hetero) is 1. The van der Waals surface area contributed by atoms with Gasteiger partial charge in [0, 0.05) is 24.3 Å². The van der Waals surface area contributed by atoms with Crippen LogP contribution in [0.4, 0.5) is 0 Å². The zero-order valence-corrected chi connectivity index (χ0v) is 12.3. The Kier molecular flexibility index (Phi) is 8.34. The molecule has 0 aliphatic heterocycles. The van der Waals surface area contributed by atoms with Crippen LogP contribution in [0.5, 0.6) is 0 Å². The van der Waals surface area contributed by atoms with Crippen molar-refractivity contribution in [2.45, 2.75) is 59.8 Å². The molecule has 3 N–H and O–H groups in total. The van der Waals surface area contributed by atoms with Crippen molar-refractivity contribution in [2.24, 2.45) is 17.6 Å². The number of nitrogens with one attached hydrogen (secondary N) is 1. The van der Waals surface area contributed by atoms with Crippen LogP contribution in [0, 0.1) is 17.2 Å². The molecule has 1 fully saturated rings. The number of hydrogen-bond donors (Lipinski definition) is 2. The fourth-order valence-electron chi connectivity index (χ4n) is 1.46. The van der Waals surface area contributed by atoms with Crippen molar-refractivity contribution in [2.75, 3.05) is 0 Å². The molecular formula is C15H28N2O. The van der Waals surface area contributed by atoms with Gasteiger partial charge in [-0.25, -0.2) is 0 Å². The standard InChI is InChI=1S/C9H18N2.C6H10O/c1-6(2)8(10)5-9(11)7(3)4;7-6-4-2-1-3-5-6/h5-7,10H,11H2,1-4H3;1-5H2/b9-5-,10-8?;. The molecule has 18 heavy (non-hydrogen) atoms. The van der Waals surface area contributed by atoms with Gasteiger partial charge < -0.3 is 11.1 Å². The van der Waals surface area contributed by atoms with E-state index in [4.69, 9.17) is 11.1 Å². The second-order valence-corrected chi connectivity index (χ2v) is 5.51. The maximum Gasteiger partial charge on any atom is 0.132 e. The molecule has 3 nitrogen and oxygen atoms in total. The van der Waals surface area contributed by atoms with Gasteiger partial charge in [-0.05, 0) is 30.8 Å². The van der Waals surface area contributed by atoms with Crippen molar-refractivity contribution in [3.05, 3.63) is 11.8 Å². The average Bonchev–Trinajstić information content (AvgIpc) is 2.30. The van der Waals surface area contributed by atoms with E-state index in [1.165, 1.54) is 6.42 Å². The zero-order valence-electron chi connectivity index (χ0n) is 12.3. The first kappa shape index (κ1) is 16.9. The van der Waals surface area contributed by atoms with Gasteiger partial charge in [-0.3, -0.25) is 4.79 Å². The summed E-state index contributed by atoms with van der Waals surface area (Å²) in [7, 11) is 0. The fraction of sp³-hybridized carbons (Fsp3) is 0.733. The van der Waals surface area contributed by atoms with Crippen LogP contribution in [0.15, 0.2) is 11.8 Å². The molecule has 0 bridgehead atoms. The second-order valence-electron chi connectivity index (χ2n) is 5.51. The molecule has 0 aromatic rings. The SMILES string of the molecule is CC(C)C(=N)/C=C(\N)C(C)C.O=C1CCCCC1. The first-order chi connectivity index (χ1) is 8.34. The molecule has 1 aliphatic rings. The van der Waals surface area contributed by atoms with Gasteiger partial charge in [-0.15, -0.1) is 0 Å². The molecule has 104 valence electrons. The number of rotatable bonds is 3. The van der Waals surface area contributed by atoms with Crippen molar-refractivity contribution in [3.8, 4) is 0 Å². The van der Waals surface area contributed by atoms with Gasteiger partial charge >= 0.3 is 0 Å². The minimum atomic E-state index is 0.271. The van der Waals surface area contributed by atoms with Crippen LogP contribution in [0.2, 0.25) is 0 Å². The summed E-state index contributed by atoms with van der Waals surface area (Å²) in [6.45, 7) is 8.04. The number of carbonyl (C=O) groups is 1. The third kappa shape index (κ3) is 8.04. The molecule has 0 atom stereocenters. The predicted molar refractivity (Wildman–Crippen MR) is 77.8 cm³/mol. The Bertz CT molecular complexity index is 296. The van der Waals surface area contributed by atoms with E-state index in [1.54, 1.807) is 6.08 Å². The molecule has 1 rings (SSSR count). The normalized spacial score (nSPS) is 16.6. The highest BCUT2D eigenvalue weighted by Gasteiger charge is 2.06. The molecule has 3 heteroatoms. The summed E-state index contributed by atoms with van der Waals surface area (Å²) in [5.41, 5.74) is 7.08. The van der Waals surface area contributed by atoms with Crippen molar-refractivity contribution in [1.82, 2.24) is 0 Å². The fourth-order valence-corrected chi connectivity index (χ4v) is 1.46. The van der Waals surface area contributed by atoms with E-state index in [0.29, 0.717) is 17.4 Å². The Morgan fingerprint density at radius 1 is 1.11 bits per heavy atom. The highest BCUT2D eigenvalue weighted by Crippen LogP contribution is 2.12. The van der Waals surface area contributed by atoms with Crippen LogP contribution in [0.1, 0.15) is 59.8 Å². The zero-order chi connectivity index (χ0) is 14.1. The Morgan fingerprint density at radius 3 is 1.89 bits per heavy atom. The van der Waals surface area contributed by atoms with Crippen molar-refractivity contribution in [3.63, 3.8) is 0 Å². The van der Waals surface area contributed by atoms with E-state index in [-0.39, 0.29) is 5.92 Å². The van der Waals surface area contributed by atoms with Crippen molar-refractivity contribution >= 4 is 11.5 Å². The van der Waals surface area contributed by atoms with Crippen molar-refractivity contribution in [1.29, 1.82) is 5.41 Å². The topological polar surface area (TPSA) is 66.9 Å². The summed E-state index contributed by atoms with van der Waals surface area (Å²) in [5.74, 6) is 1.08. The van der Waals surface area contributed by atoms with Gasteiger partial charge in [-0.1, -0.05) is 34.1 Å². The Hall–Kier alpha value is -1.12. The lowest BCUT2D eigenvalue weighted by Gasteiger charge is -2.07. The molecule has 1 aliphatic carbocycles. The second kappa shape index (κ2) is 8.90. The number of hydrogen-bond acceptors (Lipinski definition) is 3. The van der Waals surface area contributed by atoms with Gasteiger partial charge in [0.15, 0.2) is 0 Å². The molecular weight excluding hydrogens is 224 g/mol. The first-order valence-corrected chi connectivity index (χ1v) is 6.91. The molecule has 0 amide bonds. The van der Waals surface area contributed by atoms with Gasteiger partial charge in [0.25, 0.3) is 0 Å². The molecule has 0 saturated heterocycles. The van der Waals surface area contributed by atoms with Crippen LogP contribution in [0.25, 0.3) is 0 Å². The van der Waals surface area contributed by atoms with E-state index in [2.05, 4.69) is 0 Å². The van der Waals surface area contributed by atoms with Crippen LogP contribution in [-0.2, 0) is 4.79 Å². The van der Waals surface area contributed by atoms with E-state index in [0.717, 1.165) is 31.4 Å². The lowest BCUT2D eigenvalue weighted by atomic mass is 10.00. The van der Waals surface area contributed by atoms with E-state index < -0.39 is 0 Å². The molecule has 0 radical (unpaired) electrons. The summed E-state index contributed by atoms with van der Waals surface area (Å²) in [6, 6.07) is 0. The third-order valence-electron chi connectivity index (χ3n) is 3.02. The molecule has 0 aromatic heterocycles. The highest BCUT2D eigenvalue weighted by molar-refractivity contribution is 5.94. The average molecular weight is 252 g/mol.